The van der Waals surface area contributed by atoms with Gasteiger partial charge in [-0.3, -0.25) is 9.59 Å². The lowest BCUT2D eigenvalue weighted by Gasteiger charge is -2.09. The average Bonchev–Trinajstić information content (AvgIpc) is 2.66. The number of benzene rings is 2. The first-order chi connectivity index (χ1) is 13.4. The molecule has 0 atom stereocenters. The fraction of sp³-hybridized carbons (Fsp3) is 0.0500. The number of anilines is 4. The summed E-state index contributed by atoms with van der Waals surface area (Å²) in [6.07, 6.45) is 1.47. The normalized spacial score (nSPS) is 10.2. The van der Waals surface area contributed by atoms with Gasteiger partial charge in [-0.25, -0.2) is 13.8 Å². The van der Waals surface area contributed by atoms with Gasteiger partial charge in [0, 0.05) is 30.1 Å². The van der Waals surface area contributed by atoms with E-state index in [1.54, 1.807) is 30.3 Å². The van der Waals surface area contributed by atoms with Gasteiger partial charge in [0.15, 0.2) is 11.6 Å². The molecule has 0 aliphatic rings. The third-order valence-corrected chi connectivity index (χ3v) is 3.67. The number of hydrogen-bond donors (Lipinski definition) is 3. The maximum atomic E-state index is 13.2. The zero-order valence-corrected chi connectivity index (χ0v) is 14.8. The van der Waals surface area contributed by atoms with E-state index in [4.69, 9.17) is 0 Å². The van der Waals surface area contributed by atoms with Crippen molar-refractivity contribution < 1.29 is 18.4 Å². The highest BCUT2D eigenvalue weighted by molar-refractivity contribution is 6.03. The Kier molecular flexibility index (Phi) is 5.59. The number of rotatable bonds is 5. The van der Waals surface area contributed by atoms with E-state index in [2.05, 4.69) is 20.9 Å². The lowest BCUT2D eigenvalue weighted by molar-refractivity contribution is -0.114. The minimum absolute atomic E-state index is 0.122. The second kappa shape index (κ2) is 8.26. The molecule has 28 heavy (non-hydrogen) atoms. The summed E-state index contributed by atoms with van der Waals surface area (Å²) in [6.45, 7) is 1.43. The molecule has 3 N–H and O–H groups in total. The summed E-state index contributed by atoms with van der Waals surface area (Å²) < 4.78 is 26.1. The molecule has 1 aromatic heterocycles. The predicted molar refractivity (Wildman–Crippen MR) is 103 cm³/mol. The Morgan fingerprint density at radius 3 is 2.04 bits per heavy atom. The second-order valence-electron chi connectivity index (χ2n) is 5.90. The van der Waals surface area contributed by atoms with Crippen molar-refractivity contribution in [2.75, 3.05) is 16.0 Å². The maximum Gasteiger partial charge on any atom is 0.274 e. The third kappa shape index (κ3) is 4.88. The zero-order valence-electron chi connectivity index (χ0n) is 14.8. The van der Waals surface area contributed by atoms with Gasteiger partial charge in [0.1, 0.15) is 5.69 Å². The quantitative estimate of drug-likeness (QED) is 0.614. The minimum Gasteiger partial charge on any atom is -0.354 e. The highest BCUT2D eigenvalue weighted by Crippen LogP contribution is 2.19. The molecule has 0 bridgehead atoms. The van der Waals surface area contributed by atoms with E-state index < -0.39 is 17.5 Å². The van der Waals surface area contributed by atoms with E-state index in [9.17, 15) is 18.4 Å². The molecule has 142 valence electrons. The molecule has 2 amide bonds. The van der Waals surface area contributed by atoms with E-state index in [0.717, 1.165) is 17.8 Å². The number of nitrogens with one attached hydrogen (secondary N) is 3. The van der Waals surface area contributed by atoms with Crippen LogP contribution in [-0.4, -0.2) is 16.8 Å². The number of nitrogens with zero attached hydrogens (tertiary/aromatic N) is 1. The number of carbonyl (C=O) groups excluding carboxylic acids is 2. The SMILES string of the molecule is CC(=O)Nc1ccc(Nc2ccc(C(=O)Nc3ccc(F)c(F)c3)nc2)cc1. The van der Waals surface area contributed by atoms with Crippen molar-refractivity contribution in [1.82, 2.24) is 4.98 Å². The molecule has 0 unspecified atom stereocenters. The largest absolute Gasteiger partial charge is 0.354 e. The van der Waals surface area contributed by atoms with Gasteiger partial charge in [0.05, 0.1) is 11.9 Å². The first kappa shape index (κ1) is 19.0. The monoisotopic (exact) mass is 382 g/mol. The van der Waals surface area contributed by atoms with Crippen molar-refractivity contribution in [2.24, 2.45) is 0 Å². The number of amides is 2. The molecule has 3 aromatic rings. The molecule has 0 saturated carbocycles. The number of hydrogen-bond acceptors (Lipinski definition) is 4. The predicted octanol–water partition coefficient (Wildman–Crippen LogP) is 4.31. The van der Waals surface area contributed by atoms with Crippen molar-refractivity contribution in [2.45, 2.75) is 6.92 Å². The van der Waals surface area contributed by atoms with Gasteiger partial charge in [-0.2, -0.15) is 0 Å². The van der Waals surface area contributed by atoms with Crippen LogP contribution in [0.3, 0.4) is 0 Å². The first-order valence-corrected chi connectivity index (χ1v) is 8.28. The van der Waals surface area contributed by atoms with Crippen LogP contribution in [-0.2, 0) is 4.79 Å². The molecule has 3 rings (SSSR count). The standard InChI is InChI=1S/C20H16F2N4O2/c1-12(27)24-13-2-4-14(5-3-13)25-16-7-9-19(23-11-16)20(28)26-15-6-8-17(21)18(22)10-15/h2-11,25H,1H3,(H,24,27)(H,26,28). The molecule has 0 aliphatic carbocycles. The van der Waals surface area contributed by atoms with Crippen LogP contribution < -0.4 is 16.0 Å². The second-order valence-corrected chi connectivity index (χ2v) is 5.90. The Hall–Kier alpha value is -3.81. The van der Waals surface area contributed by atoms with Gasteiger partial charge in [-0.05, 0) is 48.5 Å². The Morgan fingerprint density at radius 1 is 0.786 bits per heavy atom. The zero-order chi connectivity index (χ0) is 20.1. The number of aromatic nitrogens is 1. The van der Waals surface area contributed by atoms with Crippen LogP contribution in [0.5, 0.6) is 0 Å². The fourth-order valence-electron chi connectivity index (χ4n) is 2.38. The van der Waals surface area contributed by atoms with Crippen LogP contribution in [0.2, 0.25) is 0 Å². The van der Waals surface area contributed by atoms with Gasteiger partial charge in [0.25, 0.3) is 5.91 Å². The molecule has 0 fully saturated rings. The summed E-state index contributed by atoms with van der Waals surface area (Å²) in [7, 11) is 0. The van der Waals surface area contributed by atoms with Gasteiger partial charge in [-0.15, -0.1) is 0 Å². The molecule has 2 aromatic carbocycles. The summed E-state index contributed by atoms with van der Waals surface area (Å²) in [4.78, 5) is 27.2. The highest BCUT2D eigenvalue weighted by atomic mass is 19.2. The van der Waals surface area contributed by atoms with Crippen LogP contribution >= 0.6 is 0 Å². The molecule has 0 spiro atoms. The third-order valence-electron chi connectivity index (χ3n) is 3.67. The smallest absolute Gasteiger partial charge is 0.274 e. The molecule has 1 heterocycles. The number of halogens is 2. The molecule has 6 nitrogen and oxygen atoms in total. The van der Waals surface area contributed by atoms with E-state index >= 15 is 0 Å². The summed E-state index contributed by atoms with van der Waals surface area (Å²) in [5, 5.41) is 8.24. The lowest BCUT2D eigenvalue weighted by Crippen LogP contribution is -2.13. The van der Waals surface area contributed by atoms with Crippen LogP contribution in [0, 0.1) is 11.6 Å². The molecule has 0 aliphatic heterocycles. The van der Waals surface area contributed by atoms with Gasteiger partial charge >= 0.3 is 0 Å². The maximum absolute atomic E-state index is 13.2. The summed E-state index contributed by atoms with van der Waals surface area (Å²) >= 11 is 0. The molecular weight excluding hydrogens is 366 g/mol. The van der Waals surface area contributed by atoms with Crippen molar-refractivity contribution >= 4 is 34.6 Å². The Balaban J connectivity index is 1.63. The van der Waals surface area contributed by atoms with Crippen molar-refractivity contribution in [1.29, 1.82) is 0 Å². The first-order valence-electron chi connectivity index (χ1n) is 8.28. The summed E-state index contributed by atoms with van der Waals surface area (Å²) in [5.74, 6) is -2.73. The Bertz CT molecular complexity index is 1010. The van der Waals surface area contributed by atoms with Crippen LogP contribution in [0.15, 0.2) is 60.8 Å². The van der Waals surface area contributed by atoms with E-state index in [0.29, 0.717) is 11.4 Å². The van der Waals surface area contributed by atoms with Crippen LogP contribution in [0.4, 0.5) is 31.5 Å². The average molecular weight is 382 g/mol. The fourth-order valence-corrected chi connectivity index (χ4v) is 2.38. The van der Waals surface area contributed by atoms with E-state index in [1.807, 2.05) is 0 Å². The van der Waals surface area contributed by atoms with Gasteiger partial charge in [0.2, 0.25) is 5.91 Å². The minimum atomic E-state index is -1.05. The van der Waals surface area contributed by atoms with Crippen molar-refractivity contribution in [3.8, 4) is 0 Å². The van der Waals surface area contributed by atoms with E-state index in [-0.39, 0.29) is 17.3 Å². The van der Waals surface area contributed by atoms with Crippen molar-refractivity contribution in [3.05, 3.63) is 78.1 Å². The summed E-state index contributed by atoms with van der Waals surface area (Å²) in [6, 6.07) is 13.3. The van der Waals surface area contributed by atoms with Gasteiger partial charge in [-0.1, -0.05) is 0 Å². The highest BCUT2D eigenvalue weighted by Gasteiger charge is 2.10. The molecule has 0 radical (unpaired) electrons. The Morgan fingerprint density at radius 2 is 1.43 bits per heavy atom. The molecule has 0 saturated heterocycles. The topological polar surface area (TPSA) is 83.1 Å². The van der Waals surface area contributed by atoms with Gasteiger partial charge < -0.3 is 16.0 Å². The van der Waals surface area contributed by atoms with Crippen molar-refractivity contribution in [3.63, 3.8) is 0 Å². The molecular formula is C20H16F2N4O2. The Labute approximate surface area is 159 Å². The number of carbonyl (C=O) groups is 2. The number of pyridine rings is 1. The molecule has 8 heteroatoms. The summed E-state index contributed by atoms with van der Waals surface area (Å²) in [5.41, 5.74) is 2.36. The van der Waals surface area contributed by atoms with E-state index in [1.165, 1.54) is 25.3 Å². The lowest BCUT2D eigenvalue weighted by atomic mass is 10.2. The van der Waals surface area contributed by atoms with Crippen LogP contribution in [0.25, 0.3) is 0 Å². The van der Waals surface area contributed by atoms with Crippen LogP contribution in [0.1, 0.15) is 17.4 Å².